The molecule has 0 aliphatic carbocycles. The van der Waals surface area contributed by atoms with Crippen molar-refractivity contribution in [1.29, 1.82) is 5.26 Å². The zero-order valence-electron chi connectivity index (χ0n) is 80.7. The third-order valence-corrected chi connectivity index (χ3v) is 21.4. The number of ether oxygens (including phenoxy) is 7. The predicted octanol–water partition coefficient (Wildman–Crippen LogP) is 14.2. The minimum Gasteiger partial charge on any atom is -1.00 e. The van der Waals surface area contributed by atoms with Crippen LogP contribution in [0.5, 0.6) is 23.0 Å². The van der Waals surface area contributed by atoms with Gasteiger partial charge >= 0.3 is 112 Å². The number of esters is 3. The number of carboxylic acid groups (broad SMARTS) is 1. The maximum absolute atomic E-state index is 12.0. The number of nitriles is 1. The number of aromatic nitrogens is 4. The van der Waals surface area contributed by atoms with Crippen LogP contribution in [0.4, 0.5) is 13.2 Å². The first-order valence-electron chi connectivity index (χ1n) is 44.1. The van der Waals surface area contributed by atoms with E-state index in [0.29, 0.717) is 118 Å². The summed E-state index contributed by atoms with van der Waals surface area (Å²) < 4.78 is 94.1. The number of benzene rings is 8. The number of carbonyl (C=O) groups is 5. The Bertz CT molecular complexity index is 6760. The number of fused-ring (bicyclic) bond motifs is 4. The molecule has 12 N–H and O–H groups in total. The molecule has 16 aromatic rings. The first kappa shape index (κ1) is 117. The predicted molar refractivity (Wildman–Crippen MR) is 529 cm³/mol. The zero-order chi connectivity index (χ0) is 99.3. The second-order valence-corrected chi connectivity index (χ2v) is 32.6. The van der Waals surface area contributed by atoms with Gasteiger partial charge in [-0.1, -0.05) is 56.3 Å². The molecule has 0 atom stereocenters. The Hall–Kier alpha value is -13.0. The number of carboxylic acids is 1. The van der Waals surface area contributed by atoms with Crippen LogP contribution in [0.25, 0.3) is 88.4 Å². The van der Waals surface area contributed by atoms with Gasteiger partial charge in [0.25, 0.3) is 0 Å². The van der Waals surface area contributed by atoms with Crippen LogP contribution < -0.4 is 96.0 Å². The maximum atomic E-state index is 12.0. The Labute approximate surface area is 876 Å². The van der Waals surface area contributed by atoms with Gasteiger partial charge in [0, 0.05) is 143 Å². The standard InChI is InChI=1S/C27H28N2O4.C27H24N2O4.C26H27N3O4.C24H23N3O4.C2HF3O.B.2ClH.Li.Na.Ni.H2O.H/c2*1-3-23-14-20(7-9-29-23)24-12-19(11-22-8-10-32-27(22)24)17-33-25-13-18(16-28)5-6-21(25)15-26(30)31-4-2;1-2-31-25(30)13-20-4-3-17(14-27)11-24(20)33-16-18-9-21-6-8-32-26(21)23(10-18)19-5-7-29-22(12-19)15-28;25-12-15-1-2-18(11-23(28)29)22(9-15)31-14-16-7-19-4-6-30-24(19)21(8-16)17-3-5-27-20(10-17)13-26;3-2(4,5)1-6;;;;;;;;/h5-14H,3-4,15-17,28H2,1-2H3;5-14H,3-4,15,17H2,1-2H3;3-12H,2,13-16,27-28H2,1H3;1-10H,11-14,25-26H2,(H,28,29);1H;;2*1H;;;;1H2;/q;;;;;;;;2*+1;+2;;-1/p-3. The van der Waals surface area contributed by atoms with Gasteiger partial charge in [-0.15, -0.1) is 0 Å². The third-order valence-electron chi connectivity index (χ3n) is 21.4. The van der Waals surface area contributed by atoms with Crippen molar-refractivity contribution in [2.45, 2.75) is 138 Å². The number of aryl methyl sites for hydroxylation is 2. The summed E-state index contributed by atoms with van der Waals surface area (Å²) in [7, 11) is 9.40. The molecule has 0 saturated heterocycles. The number of hydrogen-bond donors (Lipinski definition) is 6. The van der Waals surface area contributed by atoms with Gasteiger partial charge in [-0.25, -0.2) is 0 Å². The fourth-order valence-electron chi connectivity index (χ4n) is 14.8. The molecule has 0 spiro atoms. The summed E-state index contributed by atoms with van der Waals surface area (Å²) in [6.07, 6.45) is 10.1. The summed E-state index contributed by atoms with van der Waals surface area (Å²) in [6, 6.07) is 63.7. The first-order chi connectivity index (χ1) is 67.4. The first-order valence-corrected chi connectivity index (χ1v) is 46.8. The number of pyridine rings is 4. The van der Waals surface area contributed by atoms with Crippen molar-refractivity contribution >= 4 is 103 Å². The van der Waals surface area contributed by atoms with Gasteiger partial charge in [0.2, 0.25) is 6.29 Å². The average Bonchev–Trinajstić information content (AvgIpc) is 1.62. The van der Waals surface area contributed by atoms with Gasteiger partial charge < -0.3 is 91.5 Å². The molecular formula is C106H105BCl2F3LiN10NaNiO18. The molecule has 37 heteroatoms. The summed E-state index contributed by atoms with van der Waals surface area (Å²) in [4.78, 5) is 73.4. The molecule has 0 amide bonds. The molecule has 0 unspecified atom stereocenters. The Morgan fingerprint density at radius 2 is 0.678 bits per heavy atom. The number of aldehydes is 1. The number of furan rings is 4. The van der Waals surface area contributed by atoms with E-state index in [1.807, 2.05) is 146 Å². The Morgan fingerprint density at radius 1 is 0.413 bits per heavy atom. The zero-order valence-corrected chi connectivity index (χ0v) is 84.2. The van der Waals surface area contributed by atoms with Gasteiger partial charge in [-0.05, 0) is 246 Å². The number of carbonyl (C=O) groups excluding carboxylic acids is 4. The van der Waals surface area contributed by atoms with Crippen LogP contribution in [-0.2, 0) is 149 Å². The van der Waals surface area contributed by atoms with E-state index in [2.05, 4.69) is 64.1 Å². The molecule has 8 aromatic heterocycles. The normalized spacial score (nSPS) is 10.6. The van der Waals surface area contributed by atoms with E-state index in [4.69, 9.17) is 105 Å². The number of hydrogen-bond acceptors (Lipinski definition) is 27. The molecule has 0 saturated carbocycles. The van der Waals surface area contributed by atoms with Crippen molar-refractivity contribution in [1.82, 2.24) is 19.9 Å². The maximum Gasteiger partial charge on any atom is 1.00 e. The van der Waals surface area contributed by atoms with E-state index in [9.17, 15) is 42.7 Å². The smallest absolute Gasteiger partial charge is 1.00 e. The number of halogens is 5. The summed E-state index contributed by atoms with van der Waals surface area (Å²) >= 11 is 0.569. The molecule has 0 fully saturated rings. The van der Waals surface area contributed by atoms with E-state index in [1.54, 1.807) is 94.7 Å². The van der Waals surface area contributed by atoms with Crippen molar-refractivity contribution < 1.29 is 161 Å². The molecule has 8 heterocycles. The molecule has 0 aliphatic rings. The number of rotatable bonds is 34. The van der Waals surface area contributed by atoms with Crippen LogP contribution in [0.15, 0.2) is 262 Å². The molecule has 0 aliphatic heterocycles. The van der Waals surface area contributed by atoms with Crippen LogP contribution in [0.2, 0.25) is 0 Å². The van der Waals surface area contributed by atoms with Gasteiger partial charge in [-0.2, -0.15) is 18.4 Å². The van der Waals surface area contributed by atoms with Crippen molar-refractivity contribution in [3.63, 3.8) is 0 Å². The second kappa shape index (κ2) is 59.2. The summed E-state index contributed by atoms with van der Waals surface area (Å²) in [5.41, 5.74) is 53.4. The second-order valence-electron chi connectivity index (χ2n) is 30.9. The third kappa shape index (κ3) is 34.1. The van der Waals surface area contributed by atoms with Crippen molar-refractivity contribution in [3.8, 4) is 73.6 Å². The number of alkyl halides is 3. The number of nitrogens with zero attached hydrogens (tertiary/aromatic N) is 5. The van der Waals surface area contributed by atoms with Crippen molar-refractivity contribution in [3.05, 3.63) is 334 Å². The van der Waals surface area contributed by atoms with Gasteiger partial charge in [0.1, 0.15) is 71.8 Å². The van der Waals surface area contributed by atoms with Crippen LogP contribution in [-0.4, -0.2) is 95.1 Å². The largest absolute Gasteiger partial charge is 1.00 e. The number of nitrogens with two attached hydrogens (primary N) is 5. The van der Waals surface area contributed by atoms with Crippen molar-refractivity contribution in [2.75, 3.05) is 19.8 Å². The molecule has 737 valence electrons. The summed E-state index contributed by atoms with van der Waals surface area (Å²) in [5.74, 6) is 0.444. The van der Waals surface area contributed by atoms with Crippen molar-refractivity contribution in [2.24, 2.45) is 28.7 Å². The molecule has 28 nitrogen and oxygen atoms in total. The minimum atomic E-state index is -4.64. The SMILES string of the molecule is CCOC(=O)Cc1ccc(C#N)cc1OCc1cc(-c2ccnc(CC)c2)c2occc2c1.CCOC(=O)Cc1ccc(CN)cc1OCc1cc(-c2ccnc(CC)c2)c2occc2c1.CCOC(=O)Cc1ccc(CN)cc1OCc1cc(-c2ccnc(CN)c2)c2occc2c1.NCc1ccc(CC(=O)O)c(OCc2cc(-c3ccnc(CN)c3)c3occc3c2)c1.O=CC(F)(F)F.[B].[Cl][Ni][Cl].[H-].[Li+].[Na+].[OH-]. The summed E-state index contributed by atoms with van der Waals surface area (Å²) in [6.45, 7) is 13.5. The van der Waals surface area contributed by atoms with Crippen LogP contribution in [0, 0.1) is 11.3 Å². The van der Waals surface area contributed by atoms with Gasteiger partial charge in [0.05, 0.1) is 93.6 Å². The van der Waals surface area contributed by atoms with E-state index >= 15 is 0 Å². The van der Waals surface area contributed by atoms with Crippen LogP contribution in [0.1, 0.15) is 126 Å². The molecule has 0 bridgehead atoms. The molecule has 8 aromatic carbocycles. The molecule has 143 heavy (non-hydrogen) atoms. The Kier molecular flexibility index (Phi) is 48.4. The summed E-state index contributed by atoms with van der Waals surface area (Å²) in [5, 5.41) is 22.4. The monoisotopic (exact) mass is 2030 g/mol. The molecule has 16 rings (SSSR count). The average molecular weight is 2030 g/mol. The van der Waals surface area contributed by atoms with E-state index in [1.165, 1.54) is 0 Å². The molecular weight excluding hydrogens is 1930 g/mol. The Balaban J connectivity index is 0.000000282. The number of aliphatic carboxylic acids is 1. The van der Waals surface area contributed by atoms with Crippen LogP contribution in [0.3, 0.4) is 0 Å². The van der Waals surface area contributed by atoms with E-state index in [-0.39, 0.29) is 121 Å². The Morgan fingerprint density at radius 3 is 0.930 bits per heavy atom. The quantitative estimate of drug-likeness (QED) is 0.00944. The molecule has 3 radical (unpaired) electrons. The van der Waals surface area contributed by atoms with E-state index in [0.717, 1.165) is 174 Å². The topological polar surface area (TPSA) is 458 Å². The minimum absolute atomic E-state index is 0. The van der Waals surface area contributed by atoms with Gasteiger partial charge in [-0.3, -0.25) is 43.9 Å². The fourth-order valence-corrected chi connectivity index (χ4v) is 14.8. The van der Waals surface area contributed by atoms with Crippen LogP contribution >= 0.6 is 20.4 Å². The fraction of sp³-hybridized carbons (Fsp3) is 0.226. The van der Waals surface area contributed by atoms with E-state index < -0.39 is 18.4 Å². The van der Waals surface area contributed by atoms with Gasteiger partial charge in [0.15, 0.2) is 0 Å².